The average molecular weight is 312 g/mol. The highest BCUT2D eigenvalue weighted by molar-refractivity contribution is 6.10. The van der Waals surface area contributed by atoms with Gasteiger partial charge in [0.15, 0.2) is 5.60 Å². The van der Waals surface area contributed by atoms with Crippen molar-refractivity contribution in [3.63, 3.8) is 0 Å². The molecule has 3 rings (SSSR count). The van der Waals surface area contributed by atoms with Crippen LogP contribution in [0.15, 0.2) is 53.7 Å². The molecular weight excluding hydrogens is 296 g/mol. The van der Waals surface area contributed by atoms with E-state index in [4.69, 9.17) is 4.74 Å². The van der Waals surface area contributed by atoms with E-state index in [2.05, 4.69) is 10.5 Å². The van der Waals surface area contributed by atoms with E-state index in [0.29, 0.717) is 22.6 Å². The van der Waals surface area contributed by atoms with Crippen LogP contribution in [-0.2, 0) is 10.4 Å². The number of ether oxygens (including phenoxy) is 1. The van der Waals surface area contributed by atoms with Gasteiger partial charge in [-0.25, -0.2) is 0 Å². The summed E-state index contributed by atoms with van der Waals surface area (Å²) < 4.78 is 5.08. The molecule has 6 heteroatoms. The molecular formula is C17H16N2O4. The molecule has 0 spiro atoms. The van der Waals surface area contributed by atoms with Gasteiger partial charge in [0.25, 0.3) is 5.91 Å². The van der Waals surface area contributed by atoms with Crippen molar-refractivity contribution in [2.24, 2.45) is 5.16 Å². The number of amides is 1. The summed E-state index contributed by atoms with van der Waals surface area (Å²) >= 11 is 0. The number of rotatable bonds is 4. The lowest BCUT2D eigenvalue weighted by Gasteiger charge is -2.21. The van der Waals surface area contributed by atoms with E-state index in [1.165, 1.54) is 0 Å². The second kappa shape index (κ2) is 5.73. The molecule has 2 aromatic rings. The molecule has 3 N–H and O–H groups in total. The van der Waals surface area contributed by atoms with Crippen molar-refractivity contribution in [3.8, 4) is 5.75 Å². The number of hydrogen-bond acceptors (Lipinski definition) is 5. The Morgan fingerprint density at radius 2 is 1.91 bits per heavy atom. The first kappa shape index (κ1) is 15.1. The zero-order valence-corrected chi connectivity index (χ0v) is 12.5. The van der Waals surface area contributed by atoms with E-state index in [1.54, 1.807) is 55.6 Å². The van der Waals surface area contributed by atoms with Gasteiger partial charge in [0.05, 0.1) is 12.8 Å². The quantitative estimate of drug-likeness (QED) is 0.458. The Kier molecular flexibility index (Phi) is 3.75. The Morgan fingerprint density at radius 1 is 1.22 bits per heavy atom. The zero-order chi connectivity index (χ0) is 16.4. The first-order valence-electron chi connectivity index (χ1n) is 7.07. The van der Waals surface area contributed by atoms with Crippen LogP contribution in [0.1, 0.15) is 17.5 Å². The van der Waals surface area contributed by atoms with Crippen LogP contribution in [0.2, 0.25) is 0 Å². The fourth-order valence-corrected chi connectivity index (χ4v) is 2.70. The number of anilines is 1. The van der Waals surface area contributed by atoms with Gasteiger partial charge >= 0.3 is 0 Å². The van der Waals surface area contributed by atoms with Crippen LogP contribution in [0.5, 0.6) is 5.75 Å². The van der Waals surface area contributed by atoms with E-state index in [0.717, 1.165) is 0 Å². The van der Waals surface area contributed by atoms with E-state index in [-0.39, 0.29) is 12.1 Å². The molecule has 0 bridgehead atoms. The van der Waals surface area contributed by atoms with Gasteiger partial charge in [0.2, 0.25) is 0 Å². The average Bonchev–Trinajstić information content (AvgIpc) is 2.84. The molecule has 1 aliphatic rings. The topological polar surface area (TPSA) is 91.2 Å². The predicted octanol–water partition coefficient (Wildman–Crippen LogP) is 2.10. The Hall–Kier alpha value is -2.86. The molecule has 0 unspecified atom stereocenters. The predicted molar refractivity (Wildman–Crippen MR) is 84.9 cm³/mol. The minimum Gasteiger partial charge on any atom is -0.497 e. The Morgan fingerprint density at radius 3 is 2.57 bits per heavy atom. The van der Waals surface area contributed by atoms with Crippen molar-refractivity contribution < 1.29 is 19.8 Å². The second-order valence-electron chi connectivity index (χ2n) is 5.31. The number of oxime groups is 1. The van der Waals surface area contributed by atoms with Crippen molar-refractivity contribution in [1.82, 2.24) is 0 Å². The third-order valence-corrected chi connectivity index (χ3v) is 3.96. The highest BCUT2D eigenvalue weighted by Crippen LogP contribution is 2.39. The number of nitrogens with zero attached hydrogens (tertiary/aromatic N) is 1. The van der Waals surface area contributed by atoms with Crippen molar-refractivity contribution in [2.45, 2.75) is 12.0 Å². The summed E-state index contributed by atoms with van der Waals surface area (Å²) in [7, 11) is 1.55. The minimum absolute atomic E-state index is 0.140. The normalized spacial score (nSPS) is 20.1. The van der Waals surface area contributed by atoms with Crippen LogP contribution in [0.3, 0.4) is 0 Å². The maximum Gasteiger partial charge on any atom is 0.261 e. The molecule has 0 radical (unpaired) electrons. The molecule has 0 aromatic heterocycles. The van der Waals surface area contributed by atoms with Crippen LogP contribution in [0.4, 0.5) is 5.69 Å². The zero-order valence-electron chi connectivity index (χ0n) is 12.5. The first-order valence-corrected chi connectivity index (χ1v) is 7.07. The fourth-order valence-electron chi connectivity index (χ4n) is 2.70. The summed E-state index contributed by atoms with van der Waals surface area (Å²) in [5, 5.41) is 26.1. The number of aliphatic hydroxyl groups is 1. The fraction of sp³-hybridized carbons (Fsp3) is 0.176. The van der Waals surface area contributed by atoms with E-state index < -0.39 is 11.5 Å². The van der Waals surface area contributed by atoms with Crippen molar-refractivity contribution in [2.75, 3.05) is 12.4 Å². The number of methoxy groups -OCH3 is 1. The Balaban J connectivity index is 1.94. The first-order chi connectivity index (χ1) is 11.1. The van der Waals surface area contributed by atoms with Crippen LogP contribution in [0, 0.1) is 0 Å². The molecule has 0 aliphatic carbocycles. The van der Waals surface area contributed by atoms with Gasteiger partial charge in [-0.1, -0.05) is 23.4 Å². The van der Waals surface area contributed by atoms with Gasteiger partial charge < -0.3 is 20.4 Å². The Labute approximate surface area is 133 Å². The number of nitrogens with one attached hydrogen (secondary N) is 1. The van der Waals surface area contributed by atoms with E-state index >= 15 is 0 Å². The van der Waals surface area contributed by atoms with Crippen LogP contribution < -0.4 is 10.1 Å². The summed E-state index contributed by atoms with van der Waals surface area (Å²) in [5.41, 5.74) is 0.0746. The lowest BCUT2D eigenvalue weighted by Crippen LogP contribution is -2.36. The molecule has 1 atom stereocenters. The van der Waals surface area contributed by atoms with Gasteiger partial charge in [-0.2, -0.15) is 0 Å². The van der Waals surface area contributed by atoms with Gasteiger partial charge in [0, 0.05) is 17.7 Å². The summed E-state index contributed by atoms with van der Waals surface area (Å²) in [6.07, 6.45) is -0.140. The standard InChI is InChI=1S/C17H16N2O4/c1-23-12-8-6-11(7-9-12)15(19-22)10-17(21)13-4-2-3-5-14(13)18-16(17)20/h2-9,21-22H,10H2,1H3,(H,18,20)/t17-/m0/s1. The molecule has 1 heterocycles. The van der Waals surface area contributed by atoms with Crippen molar-refractivity contribution >= 4 is 17.3 Å². The van der Waals surface area contributed by atoms with Crippen LogP contribution in [0.25, 0.3) is 0 Å². The molecule has 6 nitrogen and oxygen atoms in total. The Bertz CT molecular complexity index is 770. The number of para-hydroxylation sites is 1. The van der Waals surface area contributed by atoms with Gasteiger partial charge in [0.1, 0.15) is 5.75 Å². The van der Waals surface area contributed by atoms with Gasteiger partial charge in [-0.3, -0.25) is 4.79 Å². The lowest BCUT2D eigenvalue weighted by atomic mass is 9.88. The highest BCUT2D eigenvalue weighted by Gasteiger charge is 2.46. The minimum atomic E-state index is -1.77. The van der Waals surface area contributed by atoms with E-state index in [1.807, 2.05) is 0 Å². The van der Waals surface area contributed by atoms with Crippen molar-refractivity contribution in [3.05, 3.63) is 59.7 Å². The maximum atomic E-state index is 12.2. The summed E-state index contributed by atoms with van der Waals surface area (Å²) in [5.74, 6) is 0.127. The highest BCUT2D eigenvalue weighted by atomic mass is 16.5. The van der Waals surface area contributed by atoms with Crippen LogP contribution >= 0.6 is 0 Å². The smallest absolute Gasteiger partial charge is 0.261 e. The molecule has 1 aliphatic heterocycles. The number of carbonyl (C=O) groups excluding carboxylic acids is 1. The molecule has 1 amide bonds. The van der Waals surface area contributed by atoms with Gasteiger partial charge in [-0.15, -0.1) is 0 Å². The lowest BCUT2D eigenvalue weighted by molar-refractivity contribution is -0.132. The second-order valence-corrected chi connectivity index (χ2v) is 5.31. The van der Waals surface area contributed by atoms with E-state index in [9.17, 15) is 15.1 Å². The molecule has 0 fully saturated rings. The summed E-state index contributed by atoms with van der Waals surface area (Å²) in [6, 6.07) is 13.7. The summed E-state index contributed by atoms with van der Waals surface area (Å²) in [6.45, 7) is 0. The van der Waals surface area contributed by atoms with Crippen molar-refractivity contribution in [1.29, 1.82) is 0 Å². The molecule has 23 heavy (non-hydrogen) atoms. The summed E-state index contributed by atoms with van der Waals surface area (Å²) in [4.78, 5) is 12.2. The number of hydrogen-bond donors (Lipinski definition) is 3. The number of carbonyl (C=O) groups is 1. The number of benzene rings is 2. The monoisotopic (exact) mass is 312 g/mol. The number of fused-ring (bicyclic) bond motifs is 1. The maximum absolute atomic E-state index is 12.2. The molecule has 2 aromatic carbocycles. The molecule has 0 saturated heterocycles. The van der Waals surface area contributed by atoms with Crippen LogP contribution in [-0.4, -0.2) is 29.0 Å². The third-order valence-electron chi connectivity index (χ3n) is 3.96. The molecule has 118 valence electrons. The van der Waals surface area contributed by atoms with Gasteiger partial charge in [-0.05, 0) is 35.9 Å². The largest absolute Gasteiger partial charge is 0.497 e. The third kappa shape index (κ3) is 2.53. The molecule has 0 saturated carbocycles. The SMILES string of the molecule is COc1ccc(C(C[C@@]2(O)C(=O)Nc3ccccc32)=NO)cc1.